The van der Waals surface area contributed by atoms with Crippen LogP contribution in [0.5, 0.6) is 0 Å². The summed E-state index contributed by atoms with van der Waals surface area (Å²) in [5.74, 6) is -1.89. The summed E-state index contributed by atoms with van der Waals surface area (Å²) in [5.41, 5.74) is 1.27. The molecule has 11 heteroatoms. The number of amides is 4. The van der Waals surface area contributed by atoms with Crippen molar-refractivity contribution in [2.75, 3.05) is 13.1 Å². The maximum atomic E-state index is 13.6. The minimum atomic E-state index is -1.49. The Balaban J connectivity index is 1.88. The Hall–Kier alpha value is -3.63. The Morgan fingerprint density at radius 3 is 2.14 bits per heavy atom. The lowest BCUT2D eigenvalue weighted by Crippen LogP contribution is -2.57. The third kappa shape index (κ3) is 5.23. The minimum Gasteiger partial charge on any atom is -0.465 e. The molecular formula is C24H32N4O7. The minimum absolute atomic E-state index is 0.0426. The van der Waals surface area contributed by atoms with Gasteiger partial charge in [0.2, 0.25) is 0 Å². The van der Waals surface area contributed by atoms with Crippen LogP contribution in [-0.2, 0) is 15.0 Å². The lowest BCUT2D eigenvalue weighted by Gasteiger charge is -2.32. The first kappa shape index (κ1) is 26.0. The van der Waals surface area contributed by atoms with E-state index >= 15 is 0 Å². The second-order valence-electron chi connectivity index (χ2n) is 10.4. The highest BCUT2D eigenvalue weighted by atomic mass is 16.4. The Morgan fingerprint density at radius 2 is 1.66 bits per heavy atom. The maximum absolute atomic E-state index is 13.6. The van der Waals surface area contributed by atoms with Gasteiger partial charge in [-0.25, -0.2) is 19.6 Å². The molecule has 1 aromatic carbocycles. The molecule has 0 spiro atoms. The molecule has 1 aromatic rings. The normalized spacial score (nSPS) is 20.7. The number of carbonyl (C=O) groups is 5. The van der Waals surface area contributed by atoms with Crippen molar-refractivity contribution in [1.29, 1.82) is 0 Å². The molecule has 3 N–H and O–H groups in total. The average molecular weight is 489 g/mol. The molecule has 0 radical (unpaired) electrons. The predicted octanol–water partition coefficient (Wildman–Crippen LogP) is 2.17. The van der Waals surface area contributed by atoms with Crippen LogP contribution in [0.4, 0.5) is 9.59 Å². The summed E-state index contributed by atoms with van der Waals surface area (Å²) in [5, 5.41) is 23.3. The van der Waals surface area contributed by atoms with Gasteiger partial charge < -0.3 is 15.5 Å². The predicted molar refractivity (Wildman–Crippen MR) is 125 cm³/mol. The molecule has 2 heterocycles. The third-order valence-corrected chi connectivity index (χ3v) is 6.32. The average Bonchev–Trinajstić information content (AvgIpc) is 3.30. The second kappa shape index (κ2) is 9.55. The number of carboxylic acid groups (broad SMARTS) is 2. The first-order valence-electron chi connectivity index (χ1n) is 11.5. The fourth-order valence-electron chi connectivity index (χ4n) is 4.53. The van der Waals surface area contributed by atoms with E-state index in [2.05, 4.69) is 5.32 Å². The lowest BCUT2D eigenvalue weighted by atomic mass is 9.86. The summed E-state index contributed by atoms with van der Waals surface area (Å²) in [6, 6.07) is 3.62. The van der Waals surface area contributed by atoms with Gasteiger partial charge >= 0.3 is 12.2 Å². The number of hydrogen-bond donors (Lipinski definition) is 3. The molecule has 2 saturated heterocycles. The van der Waals surface area contributed by atoms with Gasteiger partial charge in [0, 0.05) is 5.56 Å². The number of ketones is 1. The van der Waals surface area contributed by atoms with Gasteiger partial charge in [0.05, 0.1) is 19.1 Å². The van der Waals surface area contributed by atoms with Crippen LogP contribution in [0.25, 0.3) is 0 Å². The van der Waals surface area contributed by atoms with E-state index in [0.29, 0.717) is 10.6 Å². The summed E-state index contributed by atoms with van der Waals surface area (Å²) in [6.07, 6.45) is -2.66. The summed E-state index contributed by atoms with van der Waals surface area (Å²) in [6.45, 7) is 9.06. The Morgan fingerprint density at radius 1 is 1.06 bits per heavy atom. The summed E-state index contributed by atoms with van der Waals surface area (Å²) < 4.78 is 0. The second-order valence-corrected chi connectivity index (χ2v) is 10.4. The number of rotatable bonds is 5. The van der Waals surface area contributed by atoms with Crippen molar-refractivity contribution in [3.63, 3.8) is 0 Å². The standard InChI is InChI=1S/C24H32N4O7/c1-13(2)10-16(25-20(30)14-6-8-15(9-7-14)24(3,4)5)21(31)28-19-17(11-27(28)23(34)35)26(22(32)33)12-18(19)29/h6-9,13,16-17,19H,10-12H2,1-5H3,(H,25,30)(H,32,33)(H,34,35)/t16-,17+,19-/m0/s1. The van der Waals surface area contributed by atoms with E-state index in [4.69, 9.17) is 0 Å². The molecular weight excluding hydrogens is 456 g/mol. The zero-order valence-electron chi connectivity index (χ0n) is 20.5. The molecule has 0 aliphatic carbocycles. The number of likely N-dealkylation sites (tertiary alicyclic amines) is 1. The number of Topliss-reactive ketones (excluding diaryl/α,β-unsaturated/α-hetero) is 1. The maximum Gasteiger partial charge on any atom is 0.426 e. The molecule has 3 atom stereocenters. The van der Waals surface area contributed by atoms with Gasteiger partial charge in [-0.05, 0) is 35.4 Å². The summed E-state index contributed by atoms with van der Waals surface area (Å²) >= 11 is 0. The molecule has 3 rings (SSSR count). The number of hydrogen-bond acceptors (Lipinski definition) is 5. The zero-order valence-corrected chi connectivity index (χ0v) is 20.5. The number of benzene rings is 1. The van der Waals surface area contributed by atoms with Gasteiger partial charge in [0.15, 0.2) is 5.78 Å². The third-order valence-electron chi connectivity index (χ3n) is 6.32. The number of carbonyl (C=O) groups excluding carboxylic acids is 3. The Bertz CT molecular complexity index is 1030. The Labute approximate surface area is 203 Å². The molecule has 0 saturated carbocycles. The highest BCUT2D eigenvalue weighted by Crippen LogP contribution is 2.31. The van der Waals surface area contributed by atoms with Crippen LogP contribution in [-0.4, -0.2) is 86.1 Å². The van der Waals surface area contributed by atoms with Crippen LogP contribution in [0.3, 0.4) is 0 Å². The largest absolute Gasteiger partial charge is 0.465 e. The van der Waals surface area contributed by atoms with Crippen molar-refractivity contribution in [3.05, 3.63) is 35.4 Å². The van der Waals surface area contributed by atoms with E-state index in [1.54, 1.807) is 12.1 Å². The van der Waals surface area contributed by atoms with Crippen LogP contribution >= 0.6 is 0 Å². The monoisotopic (exact) mass is 488 g/mol. The van der Waals surface area contributed by atoms with E-state index in [1.165, 1.54) is 0 Å². The quantitative estimate of drug-likeness (QED) is 0.575. The molecule has 4 amide bonds. The van der Waals surface area contributed by atoms with Gasteiger partial charge in [-0.2, -0.15) is 0 Å². The van der Waals surface area contributed by atoms with Crippen LogP contribution in [0.2, 0.25) is 0 Å². The molecule has 0 bridgehead atoms. The molecule has 2 aliphatic heterocycles. The van der Waals surface area contributed by atoms with E-state index < -0.39 is 54.5 Å². The van der Waals surface area contributed by atoms with Crippen molar-refractivity contribution in [1.82, 2.24) is 20.2 Å². The van der Waals surface area contributed by atoms with Crippen molar-refractivity contribution in [3.8, 4) is 0 Å². The molecule has 0 unspecified atom stereocenters. The van der Waals surface area contributed by atoms with Crippen LogP contribution in [0.1, 0.15) is 57.0 Å². The number of nitrogens with zero attached hydrogens (tertiary/aromatic N) is 3. The van der Waals surface area contributed by atoms with Gasteiger partial charge in [0.1, 0.15) is 12.1 Å². The van der Waals surface area contributed by atoms with Crippen molar-refractivity contribution in [2.24, 2.45) is 5.92 Å². The first-order chi connectivity index (χ1) is 16.2. The fraction of sp³-hybridized carbons (Fsp3) is 0.542. The molecule has 190 valence electrons. The van der Waals surface area contributed by atoms with E-state index in [1.807, 2.05) is 46.8 Å². The highest BCUT2D eigenvalue weighted by Gasteiger charge is 2.57. The number of fused-ring (bicyclic) bond motifs is 1. The molecule has 0 aromatic heterocycles. The first-order valence-corrected chi connectivity index (χ1v) is 11.5. The molecule has 2 aliphatic rings. The zero-order chi connectivity index (χ0) is 26.2. The summed E-state index contributed by atoms with van der Waals surface area (Å²) in [4.78, 5) is 63.6. The van der Waals surface area contributed by atoms with Crippen molar-refractivity contribution >= 4 is 29.8 Å². The summed E-state index contributed by atoms with van der Waals surface area (Å²) in [7, 11) is 0. The van der Waals surface area contributed by atoms with Gasteiger partial charge in [-0.1, -0.05) is 46.8 Å². The molecule has 2 fully saturated rings. The SMILES string of the molecule is CC(C)C[C@H](NC(=O)c1ccc(C(C)(C)C)cc1)C(=O)N1[C@@H]2C(=O)CN(C(=O)O)[C@@H]2CN1C(=O)O. The van der Waals surface area contributed by atoms with Gasteiger partial charge in [-0.3, -0.25) is 19.3 Å². The number of hydrazine groups is 1. The van der Waals surface area contributed by atoms with Crippen LogP contribution in [0.15, 0.2) is 24.3 Å². The van der Waals surface area contributed by atoms with E-state index in [-0.39, 0.29) is 24.3 Å². The number of nitrogens with one attached hydrogen (secondary N) is 1. The molecule has 11 nitrogen and oxygen atoms in total. The lowest BCUT2D eigenvalue weighted by molar-refractivity contribution is -0.150. The van der Waals surface area contributed by atoms with Crippen LogP contribution in [0, 0.1) is 5.92 Å². The van der Waals surface area contributed by atoms with Gasteiger partial charge in [0.25, 0.3) is 11.8 Å². The highest BCUT2D eigenvalue weighted by molar-refractivity contribution is 6.00. The van der Waals surface area contributed by atoms with Crippen molar-refractivity contribution < 1.29 is 34.2 Å². The smallest absolute Gasteiger partial charge is 0.426 e. The molecule has 35 heavy (non-hydrogen) atoms. The topological polar surface area (TPSA) is 148 Å². The van der Waals surface area contributed by atoms with E-state index in [0.717, 1.165) is 15.5 Å². The van der Waals surface area contributed by atoms with E-state index in [9.17, 15) is 34.2 Å². The Kier molecular flexibility index (Phi) is 7.09. The van der Waals surface area contributed by atoms with Crippen LogP contribution < -0.4 is 5.32 Å². The van der Waals surface area contributed by atoms with Crippen molar-refractivity contribution in [2.45, 2.75) is 64.6 Å². The van der Waals surface area contributed by atoms with Gasteiger partial charge in [-0.15, -0.1) is 0 Å². The fourth-order valence-corrected chi connectivity index (χ4v) is 4.53.